The van der Waals surface area contributed by atoms with Gasteiger partial charge in [-0.3, -0.25) is 9.78 Å². The Balaban J connectivity index is 2.89. The Kier molecular flexibility index (Phi) is 2.28. The van der Waals surface area contributed by atoms with Crippen LogP contribution in [-0.4, -0.2) is 16.0 Å². The minimum absolute atomic E-state index is 0.0791. The van der Waals surface area contributed by atoms with Gasteiger partial charge in [0.1, 0.15) is 5.75 Å². The van der Waals surface area contributed by atoms with Crippen LogP contribution in [0.3, 0.4) is 0 Å². The van der Waals surface area contributed by atoms with E-state index in [1.807, 2.05) is 0 Å². The van der Waals surface area contributed by atoms with Crippen molar-refractivity contribution >= 4 is 5.91 Å². The number of hydrogen-bond acceptors (Lipinski definition) is 3. The molecule has 0 saturated carbocycles. The third-order valence-corrected chi connectivity index (χ3v) is 1.64. The van der Waals surface area contributed by atoms with Crippen LogP contribution >= 0.6 is 0 Å². The van der Waals surface area contributed by atoms with Crippen LogP contribution in [0.25, 0.3) is 0 Å². The largest absolute Gasteiger partial charge is 0.506 e. The van der Waals surface area contributed by atoms with Gasteiger partial charge >= 0.3 is 0 Å². The van der Waals surface area contributed by atoms with E-state index >= 15 is 0 Å². The number of amides is 1. The molecule has 1 unspecified atom stereocenters. The van der Waals surface area contributed by atoms with E-state index in [1.54, 1.807) is 13.0 Å². The first-order chi connectivity index (χ1) is 5.61. The molecule has 0 fully saturated rings. The Morgan fingerprint density at radius 1 is 1.67 bits per heavy atom. The van der Waals surface area contributed by atoms with Crippen LogP contribution in [0.2, 0.25) is 0 Å². The summed E-state index contributed by atoms with van der Waals surface area (Å²) in [6.45, 7) is 1.67. The lowest BCUT2D eigenvalue weighted by molar-refractivity contribution is -0.119. The van der Waals surface area contributed by atoms with Gasteiger partial charge in [-0.05, 0) is 19.1 Å². The molecule has 0 aromatic carbocycles. The first kappa shape index (κ1) is 8.52. The molecule has 0 aliphatic rings. The quantitative estimate of drug-likeness (QED) is 0.666. The maximum absolute atomic E-state index is 10.7. The van der Waals surface area contributed by atoms with Crippen LogP contribution < -0.4 is 5.73 Å². The minimum Gasteiger partial charge on any atom is -0.506 e. The molecule has 4 nitrogen and oxygen atoms in total. The number of primary amides is 1. The van der Waals surface area contributed by atoms with E-state index < -0.39 is 11.8 Å². The Bertz CT molecular complexity index is 282. The highest BCUT2D eigenvalue weighted by atomic mass is 16.3. The minimum atomic E-state index is -0.423. The average molecular weight is 166 g/mol. The van der Waals surface area contributed by atoms with Gasteiger partial charge in [0.15, 0.2) is 0 Å². The molecule has 1 aromatic heterocycles. The van der Waals surface area contributed by atoms with E-state index in [1.165, 1.54) is 12.3 Å². The summed E-state index contributed by atoms with van der Waals surface area (Å²) >= 11 is 0. The van der Waals surface area contributed by atoms with Gasteiger partial charge in [-0.15, -0.1) is 0 Å². The van der Waals surface area contributed by atoms with Crippen LogP contribution in [0.1, 0.15) is 18.5 Å². The molecular weight excluding hydrogens is 156 g/mol. The maximum Gasteiger partial charge on any atom is 0.226 e. The first-order valence-electron chi connectivity index (χ1n) is 3.55. The number of pyridine rings is 1. The third kappa shape index (κ3) is 1.72. The molecule has 64 valence electrons. The smallest absolute Gasteiger partial charge is 0.226 e. The van der Waals surface area contributed by atoms with Gasteiger partial charge in [0.2, 0.25) is 5.91 Å². The monoisotopic (exact) mass is 166 g/mol. The van der Waals surface area contributed by atoms with Crippen molar-refractivity contribution in [3.05, 3.63) is 24.0 Å². The van der Waals surface area contributed by atoms with Crippen LogP contribution in [0, 0.1) is 0 Å². The van der Waals surface area contributed by atoms with Gasteiger partial charge in [0, 0.05) is 0 Å². The zero-order chi connectivity index (χ0) is 9.14. The van der Waals surface area contributed by atoms with Crippen LogP contribution in [0.5, 0.6) is 5.75 Å². The molecule has 4 heteroatoms. The summed E-state index contributed by atoms with van der Waals surface area (Å²) < 4.78 is 0. The predicted molar refractivity (Wildman–Crippen MR) is 43.5 cm³/mol. The maximum atomic E-state index is 10.7. The van der Waals surface area contributed by atoms with Gasteiger partial charge in [-0.2, -0.15) is 0 Å². The lowest BCUT2D eigenvalue weighted by Gasteiger charge is -2.05. The number of nitrogens with two attached hydrogens (primary N) is 1. The van der Waals surface area contributed by atoms with Crippen molar-refractivity contribution in [2.75, 3.05) is 0 Å². The van der Waals surface area contributed by atoms with Crippen molar-refractivity contribution < 1.29 is 9.90 Å². The Hall–Kier alpha value is -1.58. The fourth-order valence-electron chi connectivity index (χ4n) is 0.799. The third-order valence-electron chi connectivity index (χ3n) is 1.64. The molecule has 0 bridgehead atoms. The van der Waals surface area contributed by atoms with Crippen molar-refractivity contribution in [2.24, 2.45) is 5.73 Å². The first-order valence-corrected chi connectivity index (χ1v) is 3.55. The average Bonchev–Trinajstić information content (AvgIpc) is 2.04. The highest BCUT2D eigenvalue weighted by Gasteiger charge is 2.11. The number of nitrogens with zero attached hydrogens (tertiary/aromatic N) is 1. The fraction of sp³-hybridized carbons (Fsp3) is 0.250. The molecule has 0 aliphatic carbocycles. The molecule has 3 N–H and O–H groups in total. The number of hydrogen-bond donors (Lipinski definition) is 2. The summed E-state index contributed by atoms with van der Waals surface area (Å²) in [7, 11) is 0. The van der Waals surface area contributed by atoms with Crippen molar-refractivity contribution in [1.82, 2.24) is 4.98 Å². The normalized spacial score (nSPS) is 12.4. The molecule has 0 radical (unpaired) electrons. The molecular formula is C8H10N2O2. The van der Waals surface area contributed by atoms with Crippen LogP contribution in [-0.2, 0) is 4.79 Å². The predicted octanol–water partition coefficient (Wildman–Crippen LogP) is 0.376. The number of aromatic hydroxyl groups is 1. The second kappa shape index (κ2) is 3.21. The summed E-state index contributed by atoms with van der Waals surface area (Å²) in [5.41, 5.74) is 5.63. The fourth-order valence-corrected chi connectivity index (χ4v) is 0.799. The van der Waals surface area contributed by atoms with Crippen molar-refractivity contribution in [3.8, 4) is 5.75 Å². The molecule has 12 heavy (non-hydrogen) atoms. The van der Waals surface area contributed by atoms with E-state index in [9.17, 15) is 4.79 Å². The Labute approximate surface area is 70.0 Å². The molecule has 0 spiro atoms. The van der Waals surface area contributed by atoms with Crippen LogP contribution in [0.15, 0.2) is 18.3 Å². The summed E-state index contributed by atoms with van der Waals surface area (Å²) in [5.74, 6) is -0.755. The van der Waals surface area contributed by atoms with E-state index in [2.05, 4.69) is 4.98 Å². The van der Waals surface area contributed by atoms with Crippen molar-refractivity contribution in [2.45, 2.75) is 12.8 Å². The summed E-state index contributed by atoms with van der Waals surface area (Å²) in [4.78, 5) is 14.6. The summed E-state index contributed by atoms with van der Waals surface area (Å²) in [6.07, 6.45) is 1.29. The second-order valence-corrected chi connectivity index (χ2v) is 2.57. The standard InChI is InChI=1S/C8H10N2O2/c1-5(8(9)12)7-3-2-6(11)4-10-7/h2-5,11H,1H3,(H2,9,12). The lowest BCUT2D eigenvalue weighted by Crippen LogP contribution is -2.19. The van der Waals surface area contributed by atoms with Crippen molar-refractivity contribution in [1.29, 1.82) is 0 Å². The molecule has 0 saturated heterocycles. The SMILES string of the molecule is CC(C(N)=O)c1ccc(O)cn1. The number of rotatable bonds is 2. The van der Waals surface area contributed by atoms with E-state index in [0.29, 0.717) is 5.69 Å². The van der Waals surface area contributed by atoms with Gasteiger partial charge in [-0.25, -0.2) is 0 Å². The van der Waals surface area contributed by atoms with Gasteiger partial charge < -0.3 is 10.8 Å². The molecule has 0 aliphatic heterocycles. The molecule has 1 aromatic rings. The highest BCUT2D eigenvalue weighted by molar-refractivity contribution is 5.80. The second-order valence-electron chi connectivity index (χ2n) is 2.57. The summed E-state index contributed by atoms with van der Waals surface area (Å²) in [6, 6.07) is 3.05. The molecule has 1 amide bonds. The molecule has 1 atom stereocenters. The topological polar surface area (TPSA) is 76.2 Å². The van der Waals surface area contributed by atoms with Crippen LogP contribution in [0.4, 0.5) is 0 Å². The number of aromatic nitrogens is 1. The molecule has 1 rings (SSSR count). The van der Waals surface area contributed by atoms with E-state index in [4.69, 9.17) is 10.8 Å². The summed E-state index contributed by atoms with van der Waals surface area (Å²) in [5, 5.41) is 8.90. The van der Waals surface area contributed by atoms with E-state index in [0.717, 1.165) is 0 Å². The van der Waals surface area contributed by atoms with Crippen molar-refractivity contribution in [3.63, 3.8) is 0 Å². The number of carbonyl (C=O) groups is 1. The number of carbonyl (C=O) groups excluding carboxylic acids is 1. The zero-order valence-corrected chi connectivity index (χ0v) is 6.69. The Morgan fingerprint density at radius 2 is 2.33 bits per heavy atom. The van der Waals surface area contributed by atoms with E-state index in [-0.39, 0.29) is 5.75 Å². The van der Waals surface area contributed by atoms with Gasteiger partial charge in [0.05, 0.1) is 17.8 Å². The van der Waals surface area contributed by atoms with Gasteiger partial charge in [-0.1, -0.05) is 0 Å². The zero-order valence-electron chi connectivity index (χ0n) is 6.69. The lowest BCUT2D eigenvalue weighted by atomic mass is 10.1. The highest BCUT2D eigenvalue weighted by Crippen LogP contribution is 2.14. The Morgan fingerprint density at radius 3 is 2.75 bits per heavy atom. The molecule has 1 heterocycles. The van der Waals surface area contributed by atoms with Gasteiger partial charge in [0.25, 0.3) is 0 Å².